The Morgan fingerprint density at radius 1 is 0.640 bits per heavy atom. The van der Waals surface area contributed by atoms with Crippen LogP contribution in [0.3, 0.4) is 0 Å². The van der Waals surface area contributed by atoms with Gasteiger partial charge < -0.3 is 4.74 Å². The average molecular weight is 842 g/mol. The molecule has 1 aliphatic carbocycles. The Morgan fingerprint density at radius 3 is 2.04 bits per heavy atom. The minimum absolute atomic E-state index is 0. The van der Waals surface area contributed by atoms with E-state index in [2.05, 4.69) is 147 Å². The summed E-state index contributed by atoms with van der Waals surface area (Å²) in [5.74, 6) is 1.22. The number of hydrogen-bond acceptors (Lipinski definition) is 4. The van der Waals surface area contributed by atoms with Gasteiger partial charge >= 0.3 is 21.1 Å². The fourth-order valence-corrected chi connectivity index (χ4v) is 8.42. The maximum atomic E-state index is 6.76. The molecular formula is C45H30N2OPtS. The molecule has 9 rings (SSSR count). The normalized spacial score (nSPS) is 12.6. The minimum Gasteiger partial charge on any atom is -0.503 e. The molecule has 2 aromatic heterocycles. The predicted octanol–water partition coefficient (Wildman–Crippen LogP) is 11.4. The van der Waals surface area contributed by atoms with Gasteiger partial charge in [-0.3, -0.25) is 9.97 Å². The maximum Gasteiger partial charge on any atom is 2.00 e. The van der Waals surface area contributed by atoms with Gasteiger partial charge in [-0.15, -0.1) is 29.3 Å². The van der Waals surface area contributed by atoms with Gasteiger partial charge in [0.2, 0.25) is 0 Å². The second-order valence-electron chi connectivity index (χ2n) is 12.5. The fraction of sp³-hybridized carbons (Fsp3) is 0.0667. The number of pyridine rings is 1. The summed E-state index contributed by atoms with van der Waals surface area (Å²) in [5.41, 5.74) is 12.6. The zero-order valence-corrected chi connectivity index (χ0v) is 30.5. The summed E-state index contributed by atoms with van der Waals surface area (Å²) in [6.07, 6.45) is 1.87. The first-order chi connectivity index (χ1) is 24.1. The second-order valence-corrected chi connectivity index (χ2v) is 13.5. The zero-order chi connectivity index (χ0) is 33.0. The van der Waals surface area contributed by atoms with E-state index in [1.54, 1.807) is 11.3 Å². The van der Waals surface area contributed by atoms with Gasteiger partial charge in [0, 0.05) is 27.4 Å². The number of benzene rings is 6. The minimum atomic E-state index is -0.663. The Balaban J connectivity index is 0.00000361. The van der Waals surface area contributed by atoms with Crippen molar-refractivity contribution in [2.75, 3.05) is 0 Å². The van der Waals surface area contributed by atoms with Crippen LogP contribution in [0.5, 0.6) is 11.5 Å². The first kappa shape index (κ1) is 32.1. The van der Waals surface area contributed by atoms with Crippen molar-refractivity contribution in [3.8, 4) is 44.3 Å². The molecule has 0 unspecified atom stereocenters. The number of aromatic nitrogens is 2. The van der Waals surface area contributed by atoms with Crippen LogP contribution in [0.2, 0.25) is 0 Å². The summed E-state index contributed by atoms with van der Waals surface area (Å²) in [6, 6.07) is 55.8. The van der Waals surface area contributed by atoms with E-state index in [0.29, 0.717) is 11.5 Å². The molecule has 0 saturated carbocycles. The fourth-order valence-electron chi connectivity index (χ4n) is 7.48. The van der Waals surface area contributed by atoms with Gasteiger partial charge in [0.25, 0.3) is 0 Å². The Bertz CT molecular complexity index is 2420. The van der Waals surface area contributed by atoms with Crippen molar-refractivity contribution in [1.82, 2.24) is 9.97 Å². The topological polar surface area (TPSA) is 35.0 Å². The Labute approximate surface area is 310 Å². The van der Waals surface area contributed by atoms with Crippen molar-refractivity contribution in [2.24, 2.45) is 0 Å². The van der Waals surface area contributed by atoms with Gasteiger partial charge in [-0.2, -0.15) is 23.5 Å². The van der Waals surface area contributed by atoms with Gasteiger partial charge in [0.1, 0.15) is 0 Å². The smallest absolute Gasteiger partial charge is 0.503 e. The van der Waals surface area contributed by atoms with Crippen molar-refractivity contribution in [3.63, 3.8) is 0 Å². The number of rotatable bonds is 6. The molecule has 0 saturated heterocycles. The van der Waals surface area contributed by atoms with Crippen LogP contribution < -0.4 is 4.74 Å². The van der Waals surface area contributed by atoms with E-state index < -0.39 is 5.41 Å². The van der Waals surface area contributed by atoms with E-state index in [1.165, 1.54) is 38.9 Å². The molecule has 242 valence electrons. The first-order valence-corrected chi connectivity index (χ1v) is 17.2. The SMILES string of the molecule is Cc1cccc(C)c1-c1cc(Oc2[c-]c(C3(c4ccccn4)c4ccccc4-c4ccccc43)ccc2)[c-]c(-c2nc3ccccc3s2)c1.[Pt+2]. The predicted molar refractivity (Wildman–Crippen MR) is 199 cm³/mol. The van der Waals surface area contributed by atoms with Crippen LogP contribution in [0.1, 0.15) is 33.5 Å². The van der Waals surface area contributed by atoms with E-state index in [-0.39, 0.29) is 21.1 Å². The number of thiazole rings is 1. The zero-order valence-electron chi connectivity index (χ0n) is 27.4. The summed E-state index contributed by atoms with van der Waals surface area (Å²) < 4.78 is 7.90. The van der Waals surface area contributed by atoms with Gasteiger partial charge in [-0.25, -0.2) is 0 Å². The van der Waals surface area contributed by atoms with E-state index in [9.17, 15) is 0 Å². The molecule has 1 aliphatic rings. The van der Waals surface area contributed by atoms with E-state index >= 15 is 0 Å². The average Bonchev–Trinajstić information content (AvgIpc) is 3.70. The van der Waals surface area contributed by atoms with Crippen molar-refractivity contribution in [2.45, 2.75) is 19.3 Å². The molecule has 6 aromatic carbocycles. The third kappa shape index (κ3) is 5.22. The van der Waals surface area contributed by atoms with Crippen LogP contribution >= 0.6 is 11.3 Å². The van der Waals surface area contributed by atoms with Gasteiger partial charge in [-0.05, 0) is 77.1 Å². The third-order valence-corrected chi connectivity index (χ3v) is 10.6. The summed E-state index contributed by atoms with van der Waals surface area (Å²) in [7, 11) is 0. The molecular weight excluding hydrogens is 812 g/mol. The molecule has 5 heteroatoms. The second kappa shape index (κ2) is 12.9. The standard InChI is InChI=1S/C45H30N2OS.Pt/c1-29-13-11-14-30(2)43(29)31-25-32(44-47-40-21-7-8-22-41(40)49-44)27-35(26-31)48-34-16-12-15-33(28-34)45(42-23-9-10-24-46-42)38-19-5-3-17-36(38)37-18-4-6-20-39(37)45;/h3-26H,1-2H3;/q-2;+2. The number of ether oxygens (including phenoxy) is 1. The number of aryl methyl sites for hydroxylation is 2. The number of hydrogen-bond donors (Lipinski definition) is 0. The largest absolute Gasteiger partial charge is 2.00 e. The van der Waals surface area contributed by atoms with Crippen molar-refractivity contribution < 1.29 is 25.8 Å². The summed E-state index contributed by atoms with van der Waals surface area (Å²) in [6.45, 7) is 4.31. The molecule has 0 aliphatic heterocycles. The van der Waals surface area contributed by atoms with Crippen LogP contribution in [0.4, 0.5) is 0 Å². The molecule has 0 radical (unpaired) electrons. The Hall–Kier alpha value is -5.15. The molecule has 50 heavy (non-hydrogen) atoms. The third-order valence-electron chi connectivity index (χ3n) is 9.53. The number of nitrogens with zero attached hydrogens (tertiary/aromatic N) is 2. The van der Waals surface area contributed by atoms with Crippen LogP contribution in [0.25, 0.3) is 43.0 Å². The van der Waals surface area contributed by atoms with Crippen molar-refractivity contribution in [3.05, 3.63) is 191 Å². The van der Waals surface area contributed by atoms with Crippen molar-refractivity contribution in [1.29, 1.82) is 0 Å². The quantitative estimate of drug-likeness (QED) is 0.156. The molecule has 0 fully saturated rings. The van der Waals surface area contributed by atoms with E-state index in [1.807, 2.05) is 24.4 Å². The summed E-state index contributed by atoms with van der Waals surface area (Å²) >= 11 is 1.67. The van der Waals surface area contributed by atoms with Gasteiger partial charge in [-0.1, -0.05) is 103 Å². The van der Waals surface area contributed by atoms with Crippen molar-refractivity contribution >= 4 is 21.6 Å². The number of para-hydroxylation sites is 1. The van der Waals surface area contributed by atoms with E-state index in [0.717, 1.165) is 37.6 Å². The molecule has 0 bridgehead atoms. The molecule has 0 amide bonds. The Kier molecular flexibility index (Phi) is 8.31. The number of fused-ring (bicyclic) bond motifs is 4. The monoisotopic (exact) mass is 841 g/mol. The van der Waals surface area contributed by atoms with Crippen LogP contribution in [0.15, 0.2) is 146 Å². The van der Waals surface area contributed by atoms with Gasteiger partial charge in [0.15, 0.2) is 0 Å². The van der Waals surface area contributed by atoms with Gasteiger partial charge in [0.05, 0.1) is 16.6 Å². The molecule has 3 nitrogen and oxygen atoms in total. The maximum absolute atomic E-state index is 6.76. The van der Waals surface area contributed by atoms with Crippen LogP contribution in [-0.2, 0) is 26.5 Å². The summed E-state index contributed by atoms with van der Waals surface area (Å²) in [5, 5.41) is 0.908. The van der Waals surface area contributed by atoms with Crippen LogP contribution in [-0.4, -0.2) is 9.97 Å². The van der Waals surface area contributed by atoms with E-state index in [4.69, 9.17) is 14.7 Å². The molecule has 0 N–H and O–H groups in total. The molecule has 8 aromatic rings. The summed E-state index contributed by atoms with van der Waals surface area (Å²) in [4.78, 5) is 9.95. The van der Waals surface area contributed by atoms with Crippen LogP contribution in [0, 0.1) is 26.0 Å². The molecule has 2 heterocycles. The first-order valence-electron chi connectivity index (χ1n) is 16.4. The molecule has 0 atom stereocenters. The Morgan fingerprint density at radius 2 is 1.32 bits per heavy atom. The molecule has 0 spiro atoms.